The van der Waals surface area contributed by atoms with Crippen LogP contribution in [0.15, 0.2) is 155 Å². The number of nitrogens with zero attached hydrogens (tertiary/aromatic N) is 2. The summed E-state index contributed by atoms with van der Waals surface area (Å²) in [5, 5.41) is 9.86. The molecule has 0 N–H and O–H groups in total. The Hall–Kier alpha value is -6.45. The van der Waals surface area contributed by atoms with Gasteiger partial charge in [0.05, 0.1) is 28.1 Å². The van der Waals surface area contributed by atoms with Crippen molar-refractivity contribution >= 4 is 76.7 Å². The van der Waals surface area contributed by atoms with Gasteiger partial charge in [-0.05, 0) is 85.9 Å². The van der Waals surface area contributed by atoms with Gasteiger partial charge in [-0.25, -0.2) is 0 Å². The van der Waals surface area contributed by atoms with E-state index in [1.54, 1.807) is 0 Å². The van der Waals surface area contributed by atoms with Crippen LogP contribution in [0.4, 0.5) is 5.69 Å². The Morgan fingerprint density at radius 2 is 1.22 bits per heavy atom. The zero-order valence-corrected chi connectivity index (χ0v) is 26.4. The Bertz CT molecular complexity index is 3140. The number of fused-ring (bicyclic) bond motifs is 9. The van der Waals surface area contributed by atoms with Gasteiger partial charge < -0.3 is 8.98 Å². The van der Waals surface area contributed by atoms with Crippen LogP contribution >= 0.6 is 0 Å². The van der Waals surface area contributed by atoms with Crippen molar-refractivity contribution in [3.63, 3.8) is 0 Å². The van der Waals surface area contributed by atoms with Crippen LogP contribution in [0.25, 0.3) is 93.2 Å². The summed E-state index contributed by atoms with van der Waals surface area (Å²) in [6.45, 7) is 0. The molecule has 0 saturated heterocycles. The van der Waals surface area contributed by atoms with Crippen LogP contribution in [0.5, 0.6) is 0 Å². The number of aliphatic imine (C=N–C) groups is 1. The minimum atomic E-state index is 0.846. The van der Waals surface area contributed by atoms with E-state index in [0.29, 0.717) is 0 Å². The van der Waals surface area contributed by atoms with Gasteiger partial charge in [0.25, 0.3) is 0 Å². The SMILES string of the molecule is c1ccc2c(c1)CC(c1ccc3oc4cc(-n5c6cccc7c6c6c8c(cccc8ccc65)-c5ccccc5-7)c5ccccc5c4c3c1)=N2. The standard InChI is InChI=1S/C46H26N2O/c1-6-17-36-27(9-1)24-37(47-36)28-20-22-41-35(23-28)44-34-14-5-4-13-31(34)40(25-42(44)49-41)48-38-18-8-16-33-30-12-3-2-11-29(30)32-15-7-10-26-19-21-39(48)46(43(26)32)45(33)38/h1-23,25H,24H2. The van der Waals surface area contributed by atoms with E-state index in [1.807, 2.05) is 0 Å². The maximum atomic E-state index is 6.72. The molecule has 0 amide bonds. The van der Waals surface area contributed by atoms with E-state index in [2.05, 4.69) is 150 Å². The Kier molecular flexibility index (Phi) is 4.77. The summed E-state index contributed by atoms with van der Waals surface area (Å²) in [5.41, 5.74) is 15.1. The summed E-state index contributed by atoms with van der Waals surface area (Å²) in [4.78, 5) is 5.00. The molecule has 2 aromatic heterocycles. The lowest BCUT2D eigenvalue weighted by molar-refractivity contribution is 0.669. The number of aromatic nitrogens is 1. The second-order valence-electron chi connectivity index (χ2n) is 13.4. The van der Waals surface area contributed by atoms with Crippen molar-refractivity contribution in [1.82, 2.24) is 4.57 Å². The first-order valence-electron chi connectivity index (χ1n) is 16.9. The first-order valence-corrected chi connectivity index (χ1v) is 16.9. The normalized spacial score (nSPS) is 13.3. The topological polar surface area (TPSA) is 30.4 Å². The summed E-state index contributed by atoms with van der Waals surface area (Å²) >= 11 is 0. The molecule has 0 saturated carbocycles. The summed E-state index contributed by atoms with van der Waals surface area (Å²) in [6, 6.07) is 53.1. The molecule has 10 aromatic rings. The van der Waals surface area contributed by atoms with Crippen molar-refractivity contribution in [2.45, 2.75) is 6.42 Å². The van der Waals surface area contributed by atoms with Gasteiger partial charge in [-0.15, -0.1) is 0 Å². The average molecular weight is 623 g/mol. The Labute approximate surface area is 281 Å². The largest absolute Gasteiger partial charge is 0.456 e. The number of hydrogen-bond acceptors (Lipinski definition) is 2. The second-order valence-corrected chi connectivity index (χ2v) is 13.4. The van der Waals surface area contributed by atoms with Crippen molar-refractivity contribution in [3.8, 4) is 27.9 Å². The van der Waals surface area contributed by atoms with Gasteiger partial charge in [-0.3, -0.25) is 4.99 Å². The summed E-state index contributed by atoms with van der Waals surface area (Å²) in [5.74, 6) is 0. The molecule has 12 rings (SSSR count). The van der Waals surface area contributed by atoms with Gasteiger partial charge in [0.15, 0.2) is 0 Å². The Balaban J connectivity index is 1.18. The summed E-state index contributed by atoms with van der Waals surface area (Å²) in [7, 11) is 0. The van der Waals surface area contributed by atoms with Crippen LogP contribution in [0, 0.1) is 0 Å². The zero-order chi connectivity index (χ0) is 31.8. The highest BCUT2D eigenvalue weighted by Gasteiger charge is 2.26. The molecular formula is C46H26N2O. The molecule has 0 atom stereocenters. The van der Waals surface area contributed by atoms with Crippen molar-refractivity contribution < 1.29 is 4.42 Å². The van der Waals surface area contributed by atoms with Crippen molar-refractivity contribution in [2.24, 2.45) is 4.99 Å². The molecule has 0 fully saturated rings. The minimum absolute atomic E-state index is 0.846. The van der Waals surface area contributed by atoms with Crippen LogP contribution in [0.3, 0.4) is 0 Å². The first-order chi connectivity index (χ1) is 24.3. The van der Waals surface area contributed by atoms with Gasteiger partial charge in [0.2, 0.25) is 0 Å². The predicted octanol–water partition coefficient (Wildman–Crippen LogP) is 12.3. The maximum Gasteiger partial charge on any atom is 0.138 e. The number of furan rings is 1. The number of rotatable bonds is 2. The van der Waals surface area contributed by atoms with Gasteiger partial charge in [-0.1, -0.05) is 103 Å². The van der Waals surface area contributed by atoms with E-state index >= 15 is 0 Å². The third-order valence-corrected chi connectivity index (χ3v) is 10.9. The van der Waals surface area contributed by atoms with Gasteiger partial charge >= 0.3 is 0 Å². The smallest absolute Gasteiger partial charge is 0.138 e. The van der Waals surface area contributed by atoms with Crippen LogP contribution in [0.2, 0.25) is 0 Å². The van der Waals surface area contributed by atoms with E-state index in [4.69, 9.17) is 9.41 Å². The van der Waals surface area contributed by atoms with Crippen LogP contribution < -0.4 is 0 Å². The molecule has 8 aromatic carbocycles. The maximum absolute atomic E-state index is 6.72. The molecule has 3 heterocycles. The summed E-state index contributed by atoms with van der Waals surface area (Å²) < 4.78 is 9.20. The third-order valence-electron chi connectivity index (χ3n) is 10.9. The molecule has 0 radical (unpaired) electrons. The van der Waals surface area contributed by atoms with E-state index < -0.39 is 0 Å². The van der Waals surface area contributed by atoms with Crippen LogP contribution in [-0.2, 0) is 6.42 Å². The lowest BCUT2D eigenvalue weighted by atomic mass is 9.93. The fourth-order valence-corrected chi connectivity index (χ4v) is 8.88. The lowest BCUT2D eigenvalue weighted by Gasteiger charge is -2.15. The number of para-hydroxylation sites is 1. The highest BCUT2D eigenvalue weighted by atomic mass is 16.3. The van der Waals surface area contributed by atoms with Crippen LogP contribution in [-0.4, -0.2) is 10.3 Å². The highest BCUT2D eigenvalue weighted by molar-refractivity contribution is 6.31. The van der Waals surface area contributed by atoms with E-state index in [-0.39, 0.29) is 0 Å². The Morgan fingerprint density at radius 1 is 0.490 bits per heavy atom. The molecule has 3 nitrogen and oxygen atoms in total. The molecule has 3 heteroatoms. The second kappa shape index (κ2) is 9.12. The van der Waals surface area contributed by atoms with E-state index in [9.17, 15) is 0 Å². The lowest BCUT2D eigenvalue weighted by Crippen LogP contribution is -1.99. The number of benzene rings is 8. The van der Waals surface area contributed by atoms with Crippen molar-refractivity contribution in [3.05, 3.63) is 157 Å². The highest BCUT2D eigenvalue weighted by Crippen LogP contribution is 2.50. The van der Waals surface area contributed by atoms with Gasteiger partial charge in [0, 0.05) is 39.4 Å². The molecule has 0 spiro atoms. The first kappa shape index (κ1) is 25.6. The number of hydrogen-bond donors (Lipinski definition) is 0. The molecule has 0 bridgehead atoms. The van der Waals surface area contributed by atoms with Gasteiger partial charge in [0.1, 0.15) is 11.2 Å². The van der Waals surface area contributed by atoms with E-state index in [0.717, 1.165) is 51.0 Å². The third kappa shape index (κ3) is 3.29. The van der Waals surface area contributed by atoms with Crippen LogP contribution in [0.1, 0.15) is 11.1 Å². The fourth-order valence-electron chi connectivity index (χ4n) is 8.88. The summed E-state index contributed by atoms with van der Waals surface area (Å²) in [6.07, 6.45) is 0.846. The van der Waals surface area contributed by atoms with Crippen molar-refractivity contribution in [1.29, 1.82) is 0 Å². The average Bonchev–Trinajstić information content (AvgIpc) is 3.83. The Morgan fingerprint density at radius 3 is 2.10 bits per heavy atom. The van der Waals surface area contributed by atoms with Gasteiger partial charge in [-0.2, -0.15) is 0 Å². The molecule has 49 heavy (non-hydrogen) atoms. The van der Waals surface area contributed by atoms with E-state index in [1.165, 1.54) is 71.2 Å². The fraction of sp³-hybridized carbons (Fsp3) is 0.0217. The monoisotopic (exact) mass is 622 g/mol. The quantitative estimate of drug-likeness (QED) is 0.189. The molecular weight excluding hydrogens is 597 g/mol. The molecule has 2 aliphatic rings. The zero-order valence-electron chi connectivity index (χ0n) is 26.4. The molecule has 1 aliphatic carbocycles. The predicted molar refractivity (Wildman–Crippen MR) is 204 cm³/mol. The van der Waals surface area contributed by atoms with Crippen molar-refractivity contribution in [2.75, 3.05) is 0 Å². The molecule has 0 unspecified atom stereocenters. The molecule has 1 aliphatic heterocycles. The molecule has 226 valence electrons. The minimum Gasteiger partial charge on any atom is -0.456 e.